The number of rotatable bonds is 2. The molecule has 0 aromatic heterocycles. The van der Waals surface area contributed by atoms with E-state index in [2.05, 4.69) is 21.2 Å². The second-order valence-electron chi connectivity index (χ2n) is 5.14. The third-order valence-corrected chi connectivity index (χ3v) is 4.27. The molecule has 1 N–H and O–H groups in total. The molecule has 1 aliphatic rings. The number of nitrogens with one attached hydrogen (secondary N) is 1. The van der Waals surface area contributed by atoms with Crippen molar-refractivity contribution in [2.45, 2.75) is 6.92 Å². The van der Waals surface area contributed by atoms with Crippen LogP contribution in [0, 0.1) is 0 Å². The van der Waals surface area contributed by atoms with Gasteiger partial charge in [-0.1, -0.05) is 12.1 Å². The van der Waals surface area contributed by atoms with Crippen LogP contribution in [0.25, 0.3) is 0 Å². The summed E-state index contributed by atoms with van der Waals surface area (Å²) < 4.78 is 6.28. The molecule has 0 saturated heterocycles. The van der Waals surface area contributed by atoms with Crippen molar-refractivity contribution >= 4 is 39.1 Å². The lowest BCUT2D eigenvalue weighted by atomic mass is 10.2. The van der Waals surface area contributed by atoms with Gasteiger partial charge in [0.2, 0.25) is 5.91 Å². The summed E-state index contributed by atoms with van der Waals surface area (Å²) in [6.45, 7) is 2.49. The molecule has 1 aliphatic heterocycles. The molecule has 0 spiro atoms. The molecule has 2 aromatic carbocycles. The third kappa shape index (κ3) is 3.22. The Kier molecular flexibility index (Phi) is 4.34. The molecule has 0 radical (unpaired) electrons. The Balaban J connectivity index is 1.87. The SMILES string of the molecule is CC(=O)N1CCOc2ccc(NC(=O)c3ccccc3Br)cc21. The van der Waals surface area contributed by atoms with Crippen molar-refractivity contribution in [2.24, 2.45) is 0 Å². The Morgan fingerprint density at radius 1 is 1.22 bits per heavy atom. The summed E-state index contributed by atoms with van der Waals surface area (Å²) >= 11 is 3.37. The van der Waals surface area contributed by atoms with Crippen molar-refractivity contribution in [2.75, 3.05) is 23.4 Å². The van der Waals surface area contributed by atoms with Gasteiger partial charge in [-0.3, -0.25) is 9.59 Å². The second-order valence-corrected chi connectivity index (χ2v) is 5.99. The molecule has 2 aromatic rings. The maximum Gasteiger partial charge on any atom is 0.256 e. The fraction of sp³-hybridized carbons (Fsp3) is 0.176. The minimum atomic E-state index is -0.219. The van der Waals surface area contributed by atoms with E-state index in [0.29, 0.717) is 35.8 Å². The molecule has 0 saturated carbocycles. The highest BCUT2D eigenvalue weighted by Gasteiger charge is 2.22. The predicted octanol–water partition coefficient (Wildman–Crippen LogP) is 3.45. The first-order valence-electron chi connectivity index (χ1n) is 7.17. The first-order valence-corrected chi connectivity index (χ1v) is 7.96. The van der Waals surface area contributed by atoms with Crippen LogP contribution >= 0.6 is 15.9 Å². The normalized spacial score (nSPS) is 13.0. The van der Waals surface area contributed by atoms with E-state index in [9.17, 15) is 9.59 Å². The van der Waals surface area contributed by atoms with Crippen molar-refractivity contribution in [3.63, 3.8) is 0 Å². The molecule has 0 bridgehead atoms. The predicted molar refractivity (Wildman–Crippen MR) is 92.1 cm³/mol. The Hall–Kier alpha value is -2.34. The van der Waals surface area contributed by atoms with Gasteiger partial charge in [0.15, 0.2) is 0 Å². The van der Waals surface area contributed by atoms with Crippen LogP contribution in [0.4, 0.5) is 11.4 Å². The van der Waals surface area contributed by atoms with Gasteiger partial charge in [-0.25, -0.2) is 0 Å². The van der Waals surface area contributed by atoms with Crippen LogP contribution in [-0.4, -0.2) is 25.0 Å². The summed E-state index contributed by atoms with van der Waals surface area (Å²) in [6, 6.07) is 12.5. The summed E-state index contributed by atoms with van der Waals surface area (Å²) in [4.78, 5) is 25.7. The van der Waals surface area contributed by atoms with Crippen LogP contribution < -0.4 is 15.0 Å². The summed E-state index contributed by atoms with van der Waals surface area (Å²) in [6.07, 6.45) is 0. The molecule has 0 aliphatic carbocycles. The number of hydrogen-bond acceptors (Lipinski definition) is 3. The van der Waals surface area contributed by atoms with Crippen molar-refractivity contribution in [3.05, 3.63) is 52.5 Å². The fourth-order valence-electron chi connectivity index (χ4n) is 2.47. The topological polar surface area (TPSA) is 58.6 Å². The average molecular weight is 375 g/mol. The molecule has 0 atom stereocenters. The van der Waals surface area contributed by atoms with E-state index in [0.717, 1.165) is 4.47 Å². The van der Waals surface area contributed by atoms with Crippen molar-refractivity contribution in [3.8, 4) is 5.75 Å². The number of benzene rings is 2. The van der Waals surface area contributed by atoms with Crippen LogP contribution in [-0.2, 0) is 4.79 Å². The lowest BCUT2D eigenvalue weighted by Gasteiger charge is -2.29. The number of anilines is 2. The number of carbonyl (C=O) groups excluding carboxylic acids is 2. The molecule has 0 unspecified atom stereocenters. The number of amides is 2. The molecule has 1 heterocycles. The molecule has 6 heteroatoms. The van der Waals surface area contributed by atoms with Gasteiger partial charge in [-0.15, -0.1) is 0 Å². The van der Waals surface area contributed by atoms with Gasteiger partial charge in [0.25, 0.3) is 5.91 Å². The molecule has 0 fully saturated rings. The van der Waals surface area contributed by atoms with Crippen LogP contribution in [0.2, 0.25) is 0 Å². The maximum atomic E-state index is 12.4. The summed E-state index contributed by atoms with van der Waals surface area (Å²) in [5, 5.41) is 2.85. The minimum Gasteiger partial charge on any atom is -0.490 e. The zero-order valence-corrected chi connectivity index (χ0v) is 14.1. The molecular formula is C17H15BrN2O3. The van der Waals surface area contributed by atoms with Crippen LogP contribution in [0.1, 0.15) is 17.3 Å². The van der Waals surface area contributed by atoms with Gasteiger partial charge in [0.1, 0.15) is 12.4 Å². The Bertz CT molecular complexity index is 776. The third-order valence-electron chi connectivity index (χ3n) is 3.58. The quantitative estimate of drug-likeness (QED) is 0.875. The van der Waals surface area contributed by atoms with E-state index < -0.39 is 0 Å². The Morgan fingerprint density at radius 2 is 2.00 bits per heavy atom. The van der Waals surface area contributed by atoms with Gasteiger partial charge >= 0.3 is 0 Å². The van der Waals surface area contributed by atoms with E-state index in [-0.39, 0.29) is 11.8 Å². The highest BCUT2D eigenvalue weighted by Crippen LogP contribution is 2.34. The number of hydrogen-bond donors (Lipinski definition) is 1. The number of nitrogens with zero attached hydrogens (tertiary/aromatic N) is 1. The van der Waals surface area contributed by atoms with Crippen LogP contribution in [0.5, 0.6) is 5.75 Å². The van der Waals surface area contributed by atoms with Gasteiger partial charge in [-0.2, -0.15) is 0 Å². The molecular weight excluding hydrogens is 360 g/mol. The van der Waals surface area contributed by atoms with Gasteiger partial charge in [0, 0.05) is 17.1 Å². The summed E-state index contributed by atoms with van der Waals surface area (Å²) in [5.74, 6) is 0.373. The molecule has 3 rings (SSSR count). The zero-order chi connectivity index (χ0) is 16.4. The summed E-state index contributed by atoms with van der Waals surface area (Å²) in [5.41, 5.74) is 1.83. The zero-order valence-electron chi connectivity index (χ0n) is 12.5. The minimum absolute atomic E-state index is 0.0520. The second kappa shape index (κ2) is 6.42. The highest BCUT2D eigenvalue weighted by atomic mass is 79.9. The number of halogens is 1. The van der Waals surface area contributed by atoms with Gasteiger partial charge in [-0.05, 0) is 46.3 Å². The van der Waals surface area contributed by atoms with Crippen LogP contribution in [0.15, 0.2) is 46.9 Å². The Labute approximate surface area is 142 Å². The lowest BCUT2D eigenvalue weighted by molar-refractivity contribution is -0.116. The van der Waals surface area contributed by atoms with E-state index in [1.807, 2.05) is 12.1 Å². The average Bonchev–Trinajstić information content (AvgIpc) is 2.54. The van der Waals surface area contributed by atoms with Gasteiger partial charge < -0.3 is 15.0 Å². The Morgan fingerprint density at radius 3 is 2.74 bits per heavy atom. The molecule has 23 heavy (non-hydrogen) atoms. The summed E-state index contributed by atoms with van der Waals surface area (Å²) in [7, 11) is 0. The fourth-order valence-corrected chi connectivity index (χ4v) is 2.93. The maximum absolute atomic E-state index is 12.4. The molecule has 2 amide bonds. The standard InChI is InChI=1S/C17H15BrN2O3/c1-11(21)20-8-9-23-16-7-6-12(10-15(16)20)19-17(22)13-4-2-3-5-14(13)18/h2-7,10H,8-9H2,1H3,(H,19,22). The van der Waals surface area contributed by atoms with E-state index in [4.69, 9.17) is 4.74 Å². The number of fused-ring (bicyclic) bond motifs is 1. The van der Waals surface area contributed by atoms with E-state index in [1.54, 1.807) is 35.2 Å². The van der Waals surface area contributed by atoms with Crippen LogP contribution in [0.3, 0.4) is 0 Å². The molecule has 5 nitrogen and oxygen atoms in total. The largest absolute Gasteiger partial charge is 0.490 e. The van der Waals surface area contributed by atoms with Crippen molar-refractivity contribution in [1.29, 1.82) is 0 Å². The lowest BCUT2D eigenvalue weighted by Crippen LogP contribution is -2.36. The monoisotopic (exact) mass is 374 g/mol. The van der Waals surface area contributed by atoms with Crippen molar-refractivity contribution in [1.82, 2.24) is 0 Å². The first-order chi connectivity index (χ1) is 11.1. The smallest absolute Gasteiger partial charge is 0.256 e. The van der Waals surface area contributed by atoms with Crippen molar-refractivity contribution < 1.29 is 14.3 Å². The van der Waals surface area contributed by atoms with Gasteiger partial charge in [0.05, 0.1) is 17.8 Å². The first kappa shape index (κ1) is 15.6. The number of carbonyl (C=O) groups is 2. The number of ether oxygens (including phenoxy) is 1. The highest BCUT2D eigenvalue weighted by molar-refractivity contribution is 9.10. The van der Waals surface area contributed by atoms with E-state index >= 15 is 0 Å². The molecule has 118 valence electrons. The van der Waals surface area contributed by atoms with E-state index in [1.165, 1.54) is 6.92 Å².